The van der Waals surface area contributed by atoms with Gasteiger partial charge in [0.05, 0.1) is 23.1 Å². The average Bonchev–Trinajstić information content (AvgIpc) is 3.99. The van der Waals surface area contributed by atoms with E-state index in [9.17, 15) is 18.8 Å². The molecule has 2 aliphatic rings. The second-order valence-electron chi connectivity index (χ2n) is 10.6. The Hall–Kier alpha value is -4.85. The van der Waals surface area contributed by atoms with Gasteiger partial charge in [-0.3, -0.25) is 19.4 Å². The number of hydrogen-bond donors (Lipinski definition) is 4. The first kappa shape index (κ1) is 33.1. The fourth-order valence-electron chi connectivity index (χ4n) is 4.37. The number of hydrogen-bond acceptors (Lipinski definition) is 7. The van der Waals surface area contributed by atoms with Crippen LogP contribution in [-0.4, -0.2) is 48.9 Å². The molecule has 9 nitrogen and oxygen atoms in total. The van der Waals surface area contributed by atoms with E-state index in [1.165, 1.54) is 18.3 Å². The number of allylic oxidation sites excluding steroid dienone is 1. The number of nitrogens with two attached hydrogens (primary N) is 1. The van der Waals surface area contributed by atoms with Crippen molar-refractivity contribution in [1.29, 1.82) is 0 Å². The van der Waals surface area contributed by atoms with Crippen LogP contribution in [0.25, 0.3) is 5.57 Å². The molecule has 1 aromatic heterocycles. The van der Waals surface area contributed by atoms with Crippen LogP contribution in [0.3, 0.4) is 0 Å². The Morgan fingerprint density at radius 2 is 1.96 bits per heavy atom. The molecular formula is C34H34ClFN6O3. The second-order valence-corrected chi connectivity index (χ2v) is 11.0. The summed E-state index contributed by atoms with van der Waals surface area (Å²) in [4.78, 5) is 43.4. The van der Waals surface area contributed by atoms with E-state index in [1.807, 2.05) is 13.1 Å². The predicted molar refractivity (Wildman–Crippen MR) is 173 cm³/mol. The van der Waals surface area contributed by atoms with E-state index in [4.69, 9.17) is 17.3 Å². The van der Waals surface area contributed by atoms with E-state index in [0.717, 1.165) is 12.8 Å². The van der Waals surface area contributed by atoms with Gasteiger partial charge in [0.25, 0.3) is 11.8 Å². The second kappa shape index (κ2) is 15.7. The van der Waals surface area contributed by atoms with E-state index in [2.05, 4.69) is 37.8 Å². The smallest absolute Gasteiger partial charge is 0.284 e. The van der Waals surface area contributed by atoms with Crippen molar-refractivity contribution in [3.63, 3.8) is 0 Å². The summed E-state index contributed by atoms with van der Waals surface area (Å²) in [6.45, 7) is 0.691. The summed E-state index contributed by atoms with van der Waals surface area (Å²) in [5, 5.41) is 9.00. The van der Waals surface area contributed by atoms with Crippen LogP contribution in [0, 0.1) is 17.7 Å². The topological polar surface area (TPSA) is 139 Å². The molecule has 5 rings (SSSR count). The SMILES string of the molecule is CNCC#Cc1ncccc1Cl.N/C=C(\C=NC1CC1)c1cc(F)cc(C2(NC(=O)c3ccccc3CNC(=O)C=O)CC2)c1. The summed E-state index contributed by atoms with van der Waals surface area (Å²) in [7, 11) is 1.84. The van der Waals surface area contributed by atoms with Crippen LogP contribution in [0.1, 0.15) is 58.4 Å². The minimum atomic E-state index is -0.759. The van der Waals surface area contributed by atoms with Gasteiger partial charge in [0, 0.05) is 36.3 Å². The van der Waals surface area contributed by atoms with Gasteiger partial charge >= 0.3 is 0 Å². The van der Waals surface area contributed by atoms with Crippen LogP contribution in [0.4, 0.5) is 4.39 Å². The fraction of sp³-hybridized carbons (Fsp3) is 0.265. The van der Waals surface area contributed by atoms with Crippen molar-refractivity contribution in [2.24, 2.45) is 10.7 Å². The number of benzene rings is 2. The first-order valence-electron chi connectivity index (χ1n) is 14.4. The molecule has 2 saturated carbocycles. The predicted octanol–water partition coefficient (Wildman–Crippen LogP) is 3.90. The summed E-state index contributed by atoms with van der Waals surface area (Å²) in [5.74, 6) is 4.23. The molecule has 2 aliphatic carbocycles. The lowest BCUT2D eigenvalue weighted by molar-refractivity contribution is -0.131. The van der Waals surface area contributed by atoms with Gasteiger partial charge in [0.15, 0.2) is 0 Å². The number of rotatable bonds is 10. The van der Waals surface area contributed by atoms with Crippen LogP contribution >= 0.6 is 11.6 Å². The molecule has 45 heavy (non-hydrogen) atoms. The molecule has 0 bridgehead atoms. The molecule has 0 aliphatic heterocycles. The minimum absolute atomic E-state index is 0.0449. The molecule has 5 N–H and O–H groups in total. The molecule has 0 saturated heterocycles. The summed E-state index contributed by atoms with van der Waals surface area (Å²) in [6.07, 6.45) is 8.40. The van der Waals surface area contributed by atoms with Gasteiger partial charge in [-0.15, -0.1) is 0 Å². The zero-order chi connectivity index (χ0) is 32.2. The van der Waals surface area contributed by atoms with Crippen LogP contribution in [0.2, 0.25) is 5.02 Å². The van der Waals surface area contributed by atoms with Crippen LogP contribution in [0.5, 0.6) is 0 Å². The molecule has 0 unspecified atom stereocenters. The number of aldehydes is 1. The third-order valence-electron chi connectivity index (χ3n) is 7.09. The van der Waals surface area contributed by atoms with E-state index >= 15 is 0 Å². The number of carbonyl (C=O) groups is 3. The van der Waals surface area contributed by atoms with Crippen molar-refractivity contribution in [3.8, 4) is 11.8 Å². The molecule has 0 spiro atoms. The van der Waals surface area contributed by atoms with Crippen molar-refractivity contribution < 1.29 is 18.8 Å². The molecule has 0 radical (unpaired) electrons. The third-order valence-corrected chi connectivity index (χ3v) is 7.39. The monoisotopic (exact) mass is 628 g/mol. The lowest BCUT2D eigenvalue weighted by Gasteiger charge is -2.20. The Morgan fingerprint density at radius 1 is 1.18 bits per heavy atom. The van der Waals surface area contributed by atoms with Gasteiger partial charge in [-0.05, 0) is 91.7 Å². The van der Waals surface area contributed by atoms with E-state index < -0.39 is 17.3 Å². The van der Waals surface area contributed by atoms with Crippen molar-refractivity contribution in [2.45, 2.75) is 43.8 Å². The number of aromatic nitrogens is 1. The highest BCUT2D eigenvalue weighted by atomic mass is 35.5. The van der Waals surface area contributed by atoms with E-state index in [-0.39, 0.29) is 18.7 Å². The lowest BCUT2D eigenvalue weighted by atomic mass is 9.97. The van der Waals surface area contributed by atoms with Gasteiger partial charge in [-0.1, -0.05) is 35.7 Å². The number of carbonyl (C=O) groups excluding carboxylic acids is 3. The van der Waals surface area contributed by atoms with Crippen LogP contribution < -0.4 is 21.7 Å². The normalized spacial score (nSPS) is 14.8. The maximum atomic E-state index is 14.5. The first-order chi connectivity index (χ1) is 21.8. The molecule has 232 valence electrons. The number of nitrogens with one attached hydrogen (secondary N) is 3. The zero-order valence-corrected chi connectivity index (χ0v) is 25.5. The van der Waals surface area contributed by atoms with E-state index in [0.29, 0.717) is 64.0 Å². The molecule has 2 fully saturated rings. The van der Waals surface area contributed by atoms with Gasteiger partial charge < -0.3 is 21.7 Å². The van der Waals surface area contributed by atoms with Crippen molar-refractivity contribution in [3.05, 3.63) is 106 Å². The Bertz CT molecular complexity index is 1670. The maximum absolute atomic E-state index is 14.5. The molecular weight excluding hydrogens is 595 g/mol. The van der Waals surface area contributed by atoms with Gasteiger partial charge in [0.1, 0.15) is 11.5 Å². The Balaban J connectivity index is 0.000000323. The highest BCUT2D eigenvalue weighted by Crippen LogP contribution is 2.46. The average molecular weight is 629 g/mol. The van der Waals surface area contributed by atoms with Crippen molar-refractivity contribution >= 4 is 41.5 Å². The summed E-state index contributed by atoms with van der Waals surface area (Å²) < 4.78 is 14.5. The molecule has 11 heteroatoms. The number of amides is 2. The summed E-state index contributed by atoms with van der Waals surface area (Å²) >= 11 is 5.82. The molecule has 2 amide bonds. The number of aliphatic imine (C=N–C) groups is 1. The molecule has 3 aromatic rings. The third kappa shape index (κ3) is 9.57. The highest BCUT2D eigenvalue weighted by molar-refractivity contribution is 6.31. The van der Waals surface area contributed by atoms with Gasteiger partial charge in [-0.25, -0.2) is 9.37 Å². The van der Waals surface area contributed by atoms with Crippen LogP contribution in [-0.2, 0) is 21.7 Å². The fourth-order valence-corrected chi connectivity index (χ4v) is 4.53. The highest BCUT2D eigenvalue weighted by Gasteiger charge is 2.46. The van der Waals surface area contributed by atoms with E-state index in [1.54, 1.807) is 48.8 Å². The maximum Gasteiger partial charge on any atom is 0.284 e. The lowest BCUT2D eigenvalue weighted by Crippen LogP contribution is -2.36. The number of pyridine rings is 1. The van der Waals surface area contributed by atoms with Crippen LogP contribution in [0.15, 0.2) is 72.0 Å². The first-order valence-corrected chi connectivity index (χ1v) is 14.8. The largest absolute Gasteiger partial charge is 0.404 e. The molecule has 0 atom stereocenters. The van der Waals surface area contributed by atoms with Crippen molar-refractivity contribution in [1.82, 2.24) is 20.9 Å². The molecule has 2 aromatic carbocycles. The Morgan fingerprint density at radius 3 is 2.62 bits per heavy atom. The summed E-state index contributed by atoms with van der Waals surface area (Å²) in [5.41, 5.74) is 8.58. The summed E-state index contributed by atoms with van der Waals surface area (Å²) in [6, 6.07) is 15.4. The Labute approximate surface area is 266 Å². The minimum Gasteiger partial charge on any atom is -0.404 e. The number of nitrogens with zero attached hydrogens (tertiary/aromatic N) is 2. The van der Waals surface area contributed by atoms with Crippen molar-refractivity contribution in [2.75, 3.05) is 13.6 Å². The zero-order valence-electron chi connectivity index (χ0n) is 24.8. The van der Waals surface area contributed by atoms with Gasteiger partial charge in [-0.2, -0.15) is 0 Å². The van der Waals surface area contributed by atoms with Gasteiger partial charge in [0.2, 0.25) is 6.29 Å². The molecule has 1 heterocycles. The quantitative estimate of drug-likeness (QED) is 0.116. The number of halogens is 2. The Kier molecular flexibility index (Phi) is 11.6. The standard InChI is InChI=1S/C25H25FN4O3.C9H9ClN2/c26-20-10-17(18(12-27)14-28-21-5-6-21)9-19(11-20)25(7-8-25)30-24(33)22-4-2-1-3-16(22)13-29-23(32)15-31;1-11-6-3-5-9-8(10)4-2-7-12-9/h1-4,9-12,14-15,21H,5-8,13,27H2,(H,29,32)(H,30,33);2,4,7,11H,6H2,1H3/b18-12+,28-14?;.